The first kappa shape index (κ1) is 22.6. The van der Waals surface area contributed by atoms with Crippen LogP contribution in [0.4, 0.5) is 17.1 Å². The molecule has 2 heterocycles. The van der Waals surface area contributed by atoms with Crippen molar-refractivity contribution in [1.82, 2.24) is 9.55 Å². The Balaban J connectivity index is 1.31. The van der Waals surface area contributed by atoms with Crippen LogP contribution >= 0.6 is 0 Å². The first-order chi connectivity index (χ1) is 19.9. The minimum Gasteiger partial charge on any atom is -0.309 e. The van der Waals surface area contributed by atoms with Crippen LogP contribution in [-0.4, -0.2) is 9.55 Å². The lowest BCUT2D eigenvalue weighted by atomic mass is 9.95. The van der Waals surface area contributed by atoms with Crippen molar-refractivity contribution in [1.29, 1.82) is 0 Å². The Labute approximate surface area is 233 Å². The van der Waals surface area contributed by atoms with Crippen LogP contribution in [0.5, 0.6) is 0 Å². The highest BCUT2D eigenvalue weighted by Gasteiger charge is 2.25. The zero-order chi connectivity index (χ0) is 26.5. The predicted octanol–water partition coefficient (Wildman–Crippen LogP) is 9.81. The van der Waals surface area contributed by atoms with Gasteiger partial charge in [0.25, 0.3) is 0 Å². The van der Waals surface area contributed by atoms with Crippen molar-refractivity contribution in [3.63, 3.8) is 0 Å². The SMILES string of the molecule is c1ccc(-n2c(-c3ccc(N4c5ccccc5-c5ccccc5-c5ccccc54)cc3)nc3ccccc32)cc1. The summed E-state index contributed by atoms with van der Waals surface area (Å²) in [6, 6.07) is 53.7. The van der Waals surface area contributed by atoms with Gasteiger partial charge in [-0.1, -0.05) is 91.0 Å². The summed E-state index contributed by atoms with van der Waals surface area (Å²) in [5.41, 5.74) is 12.7. The molecule has 7 aromatic rings. The normalized spacial score (nSPS) is 11.9. The smallest absolute Gasteiger partial charge is 0.145 e. The Morgan fingerprint density at radius 2 is 0.925 bits per heavy atom. The highest BCUT2D eigenvalue weighted by Crippen LogP contribution is 2.50. The molecule has 1 aromatic heterocycles. The van der Waals surface area contributed by atoms with Crippen molar-refractivity contribution < 1.29 is 0 Å². The molecule has 6 aromatic carbocycles. The van der Waals surface area contributed by atoms with Gasteiger partial charge in [-0.15, -0.1) is 0 Å². The van der Waals surface area contributed by atoms with E-state index in [1.807, 2.05) is 12.1 Å². The molecule has 40 heavy (non-hydrogen) atoms. The number of fused-ring (bicyclic) bond motifs is 6. The van der Waals surface area contributed by atoms with Crippen LogP contribution < -0.4 is 4.90 Å². The highest BCUT2D eigenvalue weighted by atomic mass is 15.1. The Bertz CT molecular complexity index is 1940. The second kappa shape index (κ2) is 9.11. The van der Waals surface area contributed by atoms with E-state index in [4.69, 9.17) is 4.98 Å². The van der Waals surface area contributed by atoms with E-state index < -0.39 is 0 Å². The number of aromatic nitrogens is 2. The summed E-state index contributed by atoms with van der Waals surface area (Å²) >= 11 is 0. The van der Waals surface area contributed by atoms with E-state index >= 15 is 0 Å². The van der Waals surface area contributed by atoms with Crippen molar-refractivity contribution in [2.24, 2.45) is 0 Å². The van der Waals surface area contributed by atoms with E-state index in [9.17, 15) is 0 Å². The van der Waals surface area contributed by atoms with E-state index in [2.05, 4.69) is 149 Å². The molecule has 1 aliphatic heterocycles. The fourth-order valence-corrected chi connectivity index (χ4v) is 5.97. The summed E-state index contributed by atoms with van der Waals surface area (Å²) in [4.78, 5) is 7.45. The average Bonchev–Trinajstić information content (AvgIpc) is 3.37. The van der Waals surface area contributed by atoms with E-state index in [0.717, 1.165) is 33.8 Å². The number of benzene rings is 6. The number of hydrogen-bond acceptors (Lipinski definition) is 2. The fourth-order valence-electron chi connectivity index (χ4n) is 5.97. The second-order valence-electron chi connectivity index (χ2n) is 10.1. The first-order valence-corrected chi connectivity index (χ1v) is 13.6. The summed E-state index contributed by atoms with van der Waals surface area (Å²) in [6.45, 7) is 0. The molecular formula is C37H25N3. The molecule has 0 N–H and O–H groups in total. The largest absolute Gasteiger partial charge is 0.309 e. The molecule has 0 bridgehead atoms. The maximum Gasteiger partial charge on any atom is 0.145 e. The number of anilines is 3. The number of imidazole rings is 1. The van der Waals surface area contributed by atoms with Crippen LogP contribution in [0.3, 0.4) is 0 Å². The molecule has 0 radical (unpaired) electrons. The maximum absolute atomic E-state index is 5.06. The summed E-state index contributed by atoms with van der Waals surface area (Å²) in [6.07, 6.45) is 0. The van der Waals surface area contributed by atoms with Crippen molar-refractivity contribution in [2.75, 3.05) is 4.90 Å². The molecule has 0 unspecified atom stereocenters. The van der Waals surface area contributed by atoms with Gasteiger partial charge >= 0.3 is 0 Å². The molecule has 1 aliphatic rings. The minimum absolute atomic E-state index is 0.933. The van der Waals surface area contributed by atoms with Gasteiger partial charge in [0.05, 0.1) is 22.4 Å². The van der Waals surface area contributed by atoms with Gasteiger partial charge in [0, 0.05) is 28.1 Å². The Kier molecular flexibility index (Phi) is 5.14. The lowest BCUT2D eigenvalue weighted by Gasteiger charge is -2.27. The number of hydrogen-bond donors (Lipinski definition) is 0. The molecule has 0 amide bonds. The van der Waals surface area contributed by atoms with Crippen molar-refractivity contribution in [3.8, 4) is 39.3 Å². The van der Waals surface area contributed by atoms with Gasteiger partial charge in [0.15, 0.2) is 0 Å². The number of nitrogens with zero attached hydrogens (tertiary/aromatic N) is 3. The molecule has 0 aliphatic carbocycles. The highest BCUT2D eigenvalue weighted by molar-refractivity contribution is 6.02. The predicted molar refractivity (Wildman–Crippen MR) is 166 cm³/mol. The monoisotopic (exact) mass is 511 g/mol. The number of para-hydroxylation sites is 5. The zero-order valence-corrected chi connectivity index (χ0v) is 21.8. The van der Waals surface area contributed by atoms with E-state index in [-0.39, 0.29) is 0 Å². The molecule has 0 atom stereocenters. The molecular weight excluding hydrogens is 486 g/mol. The van der Waals surface area contributed by atoms with E-state index in [0.29, 0.717) is 0 Å². The molecule has 8 rings (SSSR count). The molecule has 0 saturated carbocycles. The van der Waals surface area contributed by atoms with Gasteiger partial charge in [-0.3, -0.25) is 4.57 Å². The number of rotatable bonds is 3. The topological polar surface area (TPSA) is 21.1 Å². The van der Waals surface area contributed by atoms with Crippen LogP contribution in [0.25, 0.3) is 50.4 Å². The third-order valence-corrected chi connectivity index (χ3v) is 7.76. The van der Waals surface area contributed by atoms with Gasteiger partial charge in [-0.2, -0.15) is 0 Å². The van der Waals surface area contributed by atoms with Gasteiger partial charge in [-0.05, 0) is 71.8 Å². The first-order valence-electron chi connectivity index (χ1n) is 13.6. The van der Waals surface area contributed by atoms with Crippen LogP contribution in [-0.2, 0) is 0 Å². The summed E-state index contributed by atoms with van der Waals surface area (Å²) < 4.78 is 2.25. The Hall–Kier alpha value is -5.41. The summed E-state index contributed by atoms with van der Waals surface area (Å²) in [5, 5.41) is 0. The van der Waals surface area contributed by atoms with Crippen LogP contribution in [0.1, 0.15) is 0 Å². The van der Waals surface area contributed by atoms with Crippen molar-refractivity contribution >= 4 is 28.1 Å². The van der Waals surface area contributed by atoms with E-state index in [1.54, 1.807) is 0 Å². The molecule has 0 spiro atoms. The van der Waals surface area contributed by atoms with Crippen LogP contribution in [0, 0.1) is 0 Å². The van der Waals surface area contributed by atoms with Gasteiger partial charge in [-0.25, -0.2) is 4.98 Å². The van der Waals surface area contributed by atoms with Gasteiger partial charge in [0.1, 0.15) is 5.82 Å². The van der Waals surface area contributed by atoms with E-state index in [1.165, 1.54) is 33.6 Å². The third-order valence-electron chi connectivity index (χ3n) is 7.76. The molecule has 3 nitrogen and oxygen atoms in total. The second-order valence-corrected chi connectivity index (χ2v) is 10.1. The average molecular weight is 512 g/mol. The summed E-state index contributed by atoms with van der Waals surface area (Å²) in [7, 11) is 0. The molecule has 0 saturated heterocycles. The van der Waals surface area contributed by atoms with Crippen molar-refractivity contribution in [3.05, 3.63) is 152 Å². The third kappa shape index (κ3) is 3.49. The summed E-state index contributed by atoms with van der Waals surface area (Å²) in [5.74, 6) is 0.933. The lowest BCUT2D eigenvalue weighted by molar-refractivity contribution is 1.10. The van der Waals surface area contributed by atoms with Gasteiger partial charge in [0.2, 0.25) is 0 Å². The van der Waals surface area contributed by atoms with Crippen molar-refractivity contribution in [2.45, 2.75) is 0 Å². The zero-order valence-electron chi connectivity index (χ0n) is 21.8. The Morgan fingerprint density at radius 1 is 0.400 bits per heavy atom. The van der Waals surface area contributed by atoms with Crippen LogP contribution in [0.2, 0.25) is 0 Å². The fraction of sp³-hybridized carbons (Fsp3) is 0. The molecule has 0 fully saturated rings. The minimum atomic E-state index is 0.933. The standard InChI is InChI=1S/C37H25N3/c1-2-12-27(13-3-1)40-36-21-11-8-18-33(36)38-37(40)26-22-24-28(25-23-26)39-34-19-9-6-16-31(34)29-14-4-5-15-30(29)32-17-7-10-20-35(32)39/h1-25H. The van der Waals surface area contributed by atoms with Gasteiger partial charge < -0.3 is 4.90 Å². The maximum atomic E-state index is 5.06. The Morgan fingerprint density at radius 3 is 1.57 bits per heavy atom. The lowest BCUT2D eigenvalue weighted by Crippen LogP contribution is -2.10. The molecule has 188 valence electrons. The quantitative estimate of drug-likeness (QED) is 0.235. The molecule has 3 heteroatoms. The van der Waals surface area contributed by atoms with Crippen LogP contribution in [0.15, 0.2) is 152 Å².